The van der Waals surface area contributed by atoms with Crippen LogP contribution < -0.4 is 5.32 Å². The van der Waals surface area contributed by atoms with Crippen LogP contribution in [-0.4, -0.2) is 15.8 Å². The van der Waals surface area contributed by atoms with Gasteiger partial charge in [-0.2, -0.15) is 0 Å². The zero-order chi connectivity index (χ0) is 16.4. The van der Waals surface area contributed by atoms with E-state index in [0.717, 1.165) is 4.88 Å². The molecule has 1 amide bonds. The number of furan rings is 1. The molecule has 0 bridgehead atoms. The average Bonchev–Trinajstić information content (AvgIpc) is 3.16. The summed E-state index contributed by atoms with van der Waals surface area (Å²) in [6, 6.07) is 9.14. The van der Waals surface area contributed by atoms with Crippen LogP contribution in [0, 0.1) is 17.0 Å². The van der Waals surface area contributed by atoms with E-state index in [1.165, 1.54) is 35.6 Å². The lowest BCUT2D eigenvalue weighted by Crippen LogP contribution is -2.13. The molecule has 2 heterocycles. The van der Waals surface area contributed by atoms with Gasteiger partial charge in [0.25, 0.3) is 11.6 Å². The summed E-state index contributed by atoms with van der Waals surface area (Å²) < 4.78 is 5.27. The van der Waals surface area contributed by atoms with Crippen LogP contribution in [0.1, 0.15) is 15.4 Å². The van der Waals surface area contributed by atoms with Gasteiger partial charge < -0.3 is 9.73 Å². The molecule has 0 atom stereocenters. The predicted molar refractivity (Wildman–Crippen MR) is 85.6 cm³/mol. The number of nitro benzene ring substituents is 1. The van der Waals surface area contributed by atoms with E-state index >= 15 is 0 Å². The molecule has 0 aliphatic heterocycles. The normalized spacial score (nSPS) is 10.5. The molecule has 0 saturated heterocycles. The molecule has 23 heavy (non-hydrogen) atoms. The summed E-state index contributed by atoms with van der Waals surface area (Å²) >= 11 is 1.36. The first-order valence-corrected chi connectivity index (χ1v) is 7.43. The molecular weight excluding hydrogens is 318 g/mol. The van der Waals surface area contributed by atoms with Crippen LogP contribution in [0.15, 0.2) is 47.1 Å². The van der Waals surface area contributed by atoms with Crippen LogP contribution in [-0.2, 0) is 0 Å². The van der Waals surface area contributed by atoms with Gasteiger partial charge in [-0.05, 0) is 31.2 Å². The summed E-state index contributed by atoms with van der Waals surface area (Å²) in [4.78, 5) is 27.5. The summed E-state index contributed by atoms with van der Waals surface area (Å²) in [6.07, 6.45) is 1.54. The van der Waals surface area contributed by atoms with E-state index in [-0.39, 0.29) is 11.6 Å². The Balaban J connectivity index is 1.79. The van der Waals surface area contributed by atoms with Gasteiger partial charge in [0.1, 0.15) is 5.69 Å². The summed E-state index contributed by atoms with van der Waals surface area (Å²) in [7, 11) is 0. The van der Waals surface area contributed by atoms with E-state index in [2.05, 4.69) is 10.3 Å². The van der Waals surface area contributed by atoms with Crippen LogP contribution in [0.4, 0.5) is 11.4 Å². The van der Waals surface area contributed by atoms with Crippen molar-refractivity contribution in [3.63, 3.8) is 0 Å². The number of nitro groups is 1. The smallest absolute Gasteiger partial charge is 0.275 e. The van der Waals surface area contributed by atoms with Gasteiger partial charge in [-0.3, -0.25) is 14.9 Å². The highest BCUT2D eigenvalue weighted by atomic mass is 32.1. The first kappa shape index (κ1) is 14.9. The maximum absolute atomic E-state index is 12.3. The van der Waals surface area contributed by atoms with Crippen LogP contribution >= 0.6 is 11.3 Å². The summed E-state index contributed by atoms with van der Waals surface area (Å²) in [5.41, 5.74) is 0.736. The second-order valence-electron chi connectivity index (χ2n) is 4.66. The van der Waals surface area contributed by atoms with E-state index in [4.69, 9.17) is 4.42 Å². The average molecular weight is 329 g/mol. The minimum atomic E-state index is -0.494. The van der Waals surface area contributed by atoms with Crippen molar-refractivity contribution in [2.75, 3.05) is 5.32 Å². The zero-order valence-corrected chi connectivity index (χ0v) is 12.8. The van der Waals surface area contributed by atoms with Crippen LogP contribution in [0.3, 0.4) is 0 Å². The quantitative estimate of drug-likeness (QED) is 0.578. The Kier molecular flexibility index (Phi) is 3.90. The van der Waals surface area contributed by atoms with E-state index in [0.29, 0.717) is 22.1 Å². The highest BCUT2D eigenvalue weighted by Gasteiger charge is 2.18. The number of anilines is 1. The minimum absolute atomic E-state index is 0.0343. The fraction of sp³-hybridized carbons (Fsp3) is 0.0667. The molecule has 3 aromatic rings. The third-order valence-electron chi connectivity index (χ3n) is 3.08. The summed E-state index contributed by atoms with van der Waals surface area (Å²) in [5, 5.41) is 13.9. The number of thiazole rings is 1. The lowest BCUT2D eigenvalue weighted by atomic mass is 10.2. The minimum Gasteiger partial charge on any atom is -0.462 e. The lowest BCUT2D eigenvalue weighted by Gasteiger charge is -2.03. The molecule has 0 fully saturated rings. The van der Waals surface area contributed by atoms with Crippen molar-refractivity contribution in [1.82, 2.24) is 4.98 Å². The number of aromatic nitrogens is 1. The van der Waals surface area contributed by atoms with Crippen molar-refractivity contribution in [2.45, 2.75) is 6.92 Å². The second-order valence-corrected chi connectivity index (χ2v) is 5.86. The number of nitrogens with zero attached hydrogens (tertiary/aromatic N) is 2. The number of carbonyl (C=O) groups is 1. The van der Waals surface area contributed by atoms with Crippen molar-refractivity contribution in [1.29, 1.82) is 0 Å². The third kappa shape index (κ3) is 3.11. The number of amides is 1. The van der Waals surface area contributed by atoms with Crippen molar-refractivity contribution in [3.05, 3.63) is 63.3 Å². The van der Waals surface area contributed by atoms with Gasteiger partial charge in [-0.1, -0.05) is 0 Å². The van der Waals surface area contributed by atoms with Gasteiger partial charge in [0.15, 0.2) is 10.8 Å². The van der Waals surface area contributed by atoms with Gasteiger partial charge in [0, 0.05) is 22.7 Å². The first-order chi connectivity index (χ1) is 11.0. The molecule has 3 rings (SSSR count). The zero-order valence-electron chi connectivity index (χ0n) is 12.0. The maximum atomic E-state index is 12.3. The number of aryl methyl sites for hydroxylation is 1. The molecule has 0 saturated carbocycles. The second kappa shape index (κ2) is 6.01. The van der Waals surface area contributed by atoms with Crippen molar-refractivity contribution >= 4 is 28.6 Å². The SMILES string of the molecule is Cc1sc(-c2ccco2)nc1C(=O)Nc1ccc([N+](=O)[O-])cc1. The Morgan fingerprint density at radius 2 is 2.04 bits per heavy atom. The topological polar surface area (TPSA) is 98.3 Å². The number of carbonyl (C=O) groups excluding carboxylic acids is 1. The first-order valence-electron chi connectivity index (χ1n) is 6.61. The highest BCUT2D eigenvalue weighted by molar-refractivity contribution is 7.15. The van der Waals surface area contributed by atoms with Crippen molar-refractivity contribution in [3.8, 4) is 10.8 Å². The molecule has 2 aromatic heterocycles. The molecular formula is C15H11N3O4S. The molecule has 1 N–H and O–H groups in total. The van der Waals surface area contributed by atoms with E-state index in [1.54, 1.807) is 25.3 Å². The highest BCUT2D eigenvalue weighted by Crippen LogP contribution is 2.28. The molecule has 0 aliphatic carbocycles. The Morgan fingerprint density at radius 1 is 1.30 bits per heavy atom. The molecule has 0 spiro atoms. The van der Waals surface area contributed by atoms with Crippen molar-refractivity contribution < 1.29 is 14.1 Å². The van der Waals surface area contributed by atoms with Crippen LogP contribution in [0.2, 0.25) is 0 Å². The maximum Gasteiger partial charge on any atom is 0.275 e. The molecule has 1 aromatic carbocycles. The Labute approximate surface area is 134 Å². The predicted octanol–water partition coefficient (Wildman–Crippen LogP) is 3.87. The molecule has 0 unspecified atom stereocenters. The fourth-order valence-corrected chi connectivity index (χ4v) is 2.85. The monoisotopic (exact) mass is 329 g/mol. The van der Waals surface area contributed by atoms with Gasteiger partial charge >= 0.3 is 0 Å². The number of nitrogens with one attached hydrogen (secondary N) is 1. The summed E-state index contributed by atoms with van der Waals surface area (Å²) in [5.74, 6) is 0.234. The van der Waals surface area contributed by atoms with E-state index in [9.17, 15) is 14.9 Å². The molecule has 7 nitrogen and oxygen atoms in total. The molecule has 116 valence electrons. The lowest BCUT2D eigenvalue weighted by molar-refractivity contribution is -0.384. The van der Waals surface area contributed by atoms with Gasteiger partial charge in [0.2, 0.25) is 0 Å². The Morgan fingerprint density at radius 3 is 2.65 bits per heavy atom. The number of hydrogen-bond donors (Lipinski definition) is 1. The van der Waals surface area contributed by atoms with Crippen LogP contribution in [0.5, 0.6) is 0 Å². The summed E-state index contributed by atoms with van der Waals surface area (Å²) in [6.45, 7) is 1.80. The number of non-ortho nitro benzene ring substituents is 1. The number of benzene rings is 1. The molecule has 0 radical (unpaired) electrons. The van der Waals surface area contributed by atoms with Gasteiger partial charge in [-0.15, -0.1) is 11.3 Å². The van der Waals surface area contributed by atoms with Gasteiger partial charge in [-0.25, -0.2) is 4.98 Å². The fourth-order valence-electron chi connectivity index (χ4n) is 1.97. The van der Waals surface area contributed by atoms with E-state index in [1.807, 2.05) is 0 Å². The third-order valence-corrected chi connectivity index (χ3v) is 4.06. The van der Waals surface area contributed by atoms with E-state index < -0.39 is 4.92 Å². The molecule has 0 aliphatic rings. The standard InChI is InChI=1S/C15H11N3O4S/c1-9-13(17-15(23-9)12-3-2-8-22-12)14(19)16-10-4-6-11(7-5-10)18(20)21/h2-8H,1H3,(H,16,19). The number of rotatable bonds is 4. The van der Waals surface area contributed by atoms with Crippen molar-refractivity contribution in [2.24, 2.45) is 0 Å². The molecule has 8 heteroatoms. The van der Waals surface area contributed by atoms with Gasteiger partial charge in [0.05, 0.1) is 11.2 Å². The Bertz CT molecular complexity index is 853. The Hall–Kier alpha value is -3.00. The largest absolute Gasteiger partial charge is 0.462 e. The van der Waals surface area contributed by atoms with Crippen LogP contribution in [0.25, 0.3) is 10.8 Å². The number of hydrogen-bond acceptors (Lipinski definition) is 6.